The summed E-state index contributed by atoms with van der Waals surface area (Å²) < 4.78 is 0. The summed E-state index contributed by atoms with van der Waals surface area (Å²) in [6.07, 6.45) is 1.97. The maximum absolute atomic E-state index is 11.3. The molecule has 1 saturated heterocycles. The molecule has 1 rings (SSSR count). The molecule has 2 unspecified atom stereocenters. The molecule has 0 saturated carbocycles. The van der Waals surface area contributed by atoms with Gasteiger partial charge >= 0.3 is 0 Å². The topological polar surface area (TPSA) is 40.5 Å². The molecule has 3 nitrogen and oxygen atoms in total. The lowest BCUT2D eigenvalue weighted by Gasteiger charge is -2.36. The van der Waals surface area contributed by atoms with Crippen molar-refractivity contribution in [2.75, 3.05) is 6.54 Å². The van der Waals surface area contributed by atoms with Gasteiger partial charge < -0.3 is 10.0 Å². The van der Waals surface area contributed by atoms with Crippen LogP contribution in [-0.4, -0.2) is 34.6 Å². The number of amides is 1. The van der Waals surface area contributed by atoms with Crippen LogP contribution in [0.2, 0.25) is 0 Å². The van der Waals surface area contributed by atoms with Gasteiger partial charge in [0.05, 0.1) is 12.1 Å². The molecule has 1 heterocycles. The molecule has 1 aliphatic heterocycles. The summed E-state index contributed by atoms with van der Waals surface area (Å²) in [7, 11) is 0. The summed E-state index contributed by atoms with van der Waals surface area (Å²) in [5.41, 5.74) is 0. The molecular weight excluding hydrogens is 154 g/mol. The smallest absolute Gasteiger partial charge is 0.222 e. The second-order valence-corrected chi connectivity index (χ2v) is 3.39. The zero-order chi connectivity index (χ0) is 9.14. The van der Waals surface area contributed by atoms with Gasteiger partial charge in [-0.15, -0.1) is 0 Å². The van der Waals surface area contributed by atoms with Crippen LogP contribution in [-0.2, 0) is 4.79 Å². The van der Waals surface area contributed by atoms with E-state index in [0.717, 1.165) is 19.4 Å². The van der Waals surface area contributed by atoms with Crippen molar-refractivity contribution >= 4 is 5.91 Å². The summed E-state index contributed by atoms with van der Waals surface area (Å²) in [6, 6.07) is 0.00574. The molecule has 1 fully saturated rings. The van der Waals surface area contributed by atoms with Crippen LogP contribution >= 0.6 is 0 Å². The first-order chi connectivity index (χ1) is 5.66. The number of rotatable bonds is 1. The van der Waals surface area contributed by atoms with Gasteiger partial charge in [0, 0.05) is 13.0 Å². The monoisotopic (exact) mass is 171 g/mol. The van der Waals surface area contributed by atoms with Crippen molar-refractivity contribution in [2.45, 2.75) is 45.3 Å². The van der Waals surface area contributed by atoms with Crippen LogP contribution in [0.5, 0.6) is 0 Å². The molecule has 0 bridgehead atoms. The van der Waals surface area contributed by atoms with E-state index in [1.807, 2.05) is 13.8 Å². The van der Waals surface area contributed by atoms with Crippen LogP contribution in [0.4, 0.5) is 0 Å². The summed E-state index contributed by atoms with van der Waals surface area (Å²) in [5, 5.41) is 9.50. The third-order valence-electron chi connectivity index (χ3n) is 2.57. The third-order valence-corrected chi connectivity index (χ3v) is 2.57. The predicted octanol–water partition coefficient (Wildman–Crippen LogP) is 0.768. The molecule has 1 amide bonds. The van der Waals surface area contributed by atoms with Gasteiger partial charge in [-0.05, 0) is 19.8 Å². The van der Waals surface area contributed by atoms with Crippen molar-refractivity contribution in [1.29, 1.82) is 0 Å². The highest BCUT2D eigenvalue weighted by Crippen LogP contribution is 2.17. The van der Waals surface area contributed by atoms with E-state index in [-0.39, 0.29) is 18.1 Å². The van der Waals surface area contributed by atoms with Crippen molar-refractivity contribution in [3.63, 3.8) is 0 Å². The fourth-order valence-corrected chi connectivity index (χ4v) is 1.68. The first kappa shape index (κ1) is 9.52. The lowest BCUT2D eigenvalue weighted by molar-refractivity contribution is -0.137. The van der Waals surface area contributed by atoms with Crippen molar-refractivity contribution in [1.82, 2.24) is 4.90 Å². The maximum atomic E-state index is 11.3. The Morgan fingerprint density at radius 2 is 2.33 bits per heavy atom. The molecule has 0 aromatic rings. The highest BCUT2D eigenvalue weighted by Gasteiger charge is 2.28. The number of piperidine rings is 1. The van der Waals surface area contributed by atoms with E-state index < -0.39 is 0 Å². The average molecular weight is 171 g/mol. The number of hydrogen-bond acceptors (Lipinski definition) is 2. The van der Waals surface area contributed by atoms with Crippen molar-refractivity contribution in [2.24, 2.45) is 0 Å². The Balaban J connectivity index is 2.57. The number of aliphatic hydroxyl groups excluding tert-OH is 1. The Morgan fingerprint density at radius 3 is 2.92 bits per heavy atom. The molecule has 12 heavy (non-hydrogen) atoms. The van der Waals surface area contributed by atoms with Gasteiger partial charge in [0.25, 0.3) is 0 Å². The van der Waals surface area contributed by atoms with E-state index in [9.17, 15) is 9.90 Å². The standard InChI is InChI=1S/C9H17NO2/c1-3-9(12)10-6-4-5-8(11)7(10)2/h7-8,11H,3-6H2,1-2H3. The highest BCUT2D eigenvalue weighted by atomic mass is 16.3. The van der Waals surface area contributed by atoms with Crippen molar-refractivity contribution in [3.05, 3.63) is 0 Å². The normalized spacial score (nSPS) is 30.4. The Hall–Kier alpha value is -0.570. The number of nitrogens with zero attached hydrogens (tertiary/aromatic N) is 1. The summed E-state index contributed by atoms with van der Waals surface area (Å²) in [4.78, 5) is 13.1. The van der Waals surface area contributed by atoms with Crippen molar-refractivity contribution < 1.29 is 9.90 Å². The highest BCUT2D eigenvalue weighted by molar-refractivity contribution is 5.76. The summed E-state index contributed by atoms with van der Waals surface area (Å²) >= 11 is 0. The Bertz CT molecular complexity index is 170. The van der Waals surface area contributed by atoms with E-state index in [1.54, 1.807) is 4.90 Å². The zero-order valence-electron chi connectivity index (χ0n) is 7.79. The molecule has 1 aliphatic rings. The predicted molar refractivity (Wildman–Crippen MR) is 46.7 cm³/mol. The molecule has 2 atom stereocenters. The summed E-state index contributed by atoms with van der Waals surface area (Å²) in [6.45, 7) is 4.58. The van der Waals surface area contributed by atoms with E-state index in [1.165, 1.54) is 0 Å². The molecule has 0 spiro atoms. The van der Waals surface area contributed by atoms with Gasteiger partial charge in [0.15, 0.2) is 0 Å². The summed E-state index contributed by atoms with van der Waals surface area (Å²) in [5.74, 6) is 0.154. The second-order valence-electron chi connectivity index (χ2n) is 3.39. The maximum Gasteiger partial charge on any atom is 0.222 e. The van der Waals surface area contributed by atoms with Gasteiger partial charge in [-0.2, -0.15) is 0 Å². The van der Waals surface area contributed by atoms with Gasteiger partial charge in [0.2, 0.25) is 5.91 Å². The number of carbonyl (C=O) groups excluding carboxylic acids is 1. The van der Waals surface area contributed by atoms with Gasteiger partial charge in [-0.3, -0.25) is 4.79 Å². The largest absolute Gasteiger partial charge is 0.391 e. The van der Waals surface area contributed by atoms with Gasteiger partial charge in [0.1, 0.15) is 0 Å². The van der Waals surface area contributed by atoms with Crippen LogP contribution in [0.1, 0.15) is 33.1 Å². The molecule has 0 aromatic carbocycles. The Labute approximate surface area is 73.4 Å². The van der Waals surface area contributed by atoms with E-state index in [2.05, 4.69) is 0 Å². The second kappa shape index (κ2) is 3.90. The van der Waals surface area contributed by atoms with Gasteiger partial charge in [-0.1, -0.05) is 6.92 Å². The van der Waals surface area contributed by atoms with E-state index in [0.29, 0.717) is 6.42 Å². The zero-order valence-corrected chi connectivity index (χ0v) is 7.79. The molecular formula is C9H17NO2. The SMILES string of the molecule is CCC(=O)N1CCCC(O)C1C. The average Bonchev–Trinajstić information content (AvgIpc) is 2.08. The van der Waals surface area contributed by atoms with Crippen LogP contribution in [0.15, 0.2) is 0 Å². The molecule has 0 aromatic heterocycles. The van der Waals surface area contributed by atoms with Gasteiger partial charge in [-0.25, -0.2) is 0 Å². The van der Waals surface area contributed by atoms with Crippen LogP contribution in [0, 0.1) is 0 Å². The molecule has 3 heteroatoms. The minimum atomic E-state index is -0.325. The molecule has 1 N–H and O–H groups in total. The Kier molecular flexibility index (Phi) is 3.09. The number of likely N-dealkylation sites (tertiary alicyclic amines) is 1. The Morgan fingerprint density at radius 1 is 1.67 bits per heavy atom. The van der Waals surface area contributed by atoms with Crippen molar-refractivity contribution in [3.8, 4) is 0 Å². The molecule has 70 valence electrons. The minimum Gasteiger partial charge on any atom is -0.391 e. The first-order valence-electron chi connectivity index (χ1n) is 4.64. The quantitative estimate of drug-likeness (QED) is 0.633. The number of carbonyl (C=O) groups is 1. The third kappa shape index (κ3) is 1.78. The number of hydrogen-bond donors (Lipinski definition) is 1. The lowest BCUT2D eigenvalue weighted by atomic mass is 10.00. The minimum absolute atomic E-state index is 0.00574. The van der Waals surface area contributed by atoms with Crippen LogP contribution in [0.25, 0.3) is 0 Å². The van der Waals surface area contributed by atoms with Crippen LogP contribution in [0.3, 0.4) is 0 Å². The lowest BCUT2D eigenvalue weighted by Crippen LogP contribution is -2.49. The van der Waals surface area contributed by atoms with E-state index >= 15 is 0 Å². The molecule has 0 aliphatic carbocycles. The van der Waals surface area contributed by atoms with E-state index in [4.69, 9.17) is 0 Å². The van der Waals surface area contributed by atoms with Crippen LogP contribution < -0.4 is 0 Å². The first-order valence-corrected chi connectivity index (χ1v) is 4.64. The fourth-order valence-electron chi connectivity index (χ4n) is 1.68. The fraction of sp³-hybridized carbons (Fsp3) is 0.889. The molecule has 0 radical (unpaired) electrons. The number of aliphatic hydroxyl groups is 1.